The third-order valence-electron chi connectivity index (χ3n) is 8.28. The molecule has 1 atom stereocenters. The Labute approximate surface area is 259 Å². The highest BCUT2D eigenvalue weighted by Crippen LogP contribution is 2.36. The lowest BCUT2D eigenvalue weighted by Crippen LogP contribution is -2.57. The molecule has 12 heteroatoms. The summed E-state index contributed by atoms with van der Waals surface area (Å²) >= 11 is 13.1. The van der Waals surface area contributed by atoms with Crippen molar-refractivity contribution in [3.05, 3.63) is 80.3 Å². The lowest BCUT2D eigenvalue weighted by molar-refractivity contribution is 0.0695. The van der Waals surface area contributed by atoms with Gasteiger partial charge in [0.15, 0.2) is 0 Å². The molecule has 2 fully saturated rings. The molecule has 0 unspecified atom stereocenters. The number of carbonyl (C=O) groups is 1. The number of halogens is 2. The Bertz CT molecular complexity index is 1750. The quantitative estimate of drug-likeness (QED) is 0.294. The maximum absolute atomic E-state index is 13.3. The van der Waals surface area contributed by atoms with Crippen LogP contribution in [0.2, 0.25) is 10.0 Å². The van der Waals surface area contributed by atoms with Crippen LogP contribution in [0.3, 0.4) is 0 Å². The number of rotatable bonds is 8. The van der Waals surface area contributed by atoms with E-state index in [9.17, 15) is 14.7 Å². The van der Waals surface area contributed by atoms with Crippen LogP contribution in [0.1, 0.15) is 28.9 Å². The molecule has 10 nitrogen and oxygen atoms in total. The number of hydrogen-bond acceptors (Lipinski definition) is 8. The van der Waals surface area contributed by atoms with Crippen LogP contribution >= 0.6 is 23.2 Å². The SMILES string of the molecule is Cc1ccc(Cl)c(OC[C@H]2CCCN2c2cc3c(cc2Cl)c(=O)c(C(=O)O)cn3-c2ccc(N3CC(N(C)C)C3)nc2)n1. The van der Waals surface area contributed by atoms with Gasteiger partial charge in [0, 0.05) is 43.0 Å². The summed E-state index contributed by atoms with van der Waals surface area (Å²) in [6, 6.07) is 11.3. The lowest BCUT2D eigenvalue weighted by Gasteiger charge is -2.43. The Morgan fingerprint density at radius 3 is 2.63 bits per heavy atom. The number of aromatic nitrogens is 3. The minimum atomic E-state index is -1.30. The Morgan fingerprint density at radius 1 is 1.14 bits per heavy atom. The fourth-order valence-electron chi connectivity index (χ4n) is 5.72. The standard InChI is InChI=1S/C31H32Cl2N6O4/c1-18-6-8-24(32)30(35-18)43-17-20-5-4-10-38(20)27-12-26-22(11-25(27)33)29(40)23(31(41)42)16-39(26)19-7-9-28(34-13-19)37-14-21(15-37)36(2)3/h6-9,11-13,16,20-21H,4-5,10,14-15,17H2,1-3H3,(H,41,42)/t20-/m1/s1. The average molecular weight is 624 g/mol. The van der Waals surface area contributed by atoms with E-state index in [4.69, 9.17) is 27.9 Å². The fourth-order valence-corrected chi connectivity index (χ4v) is 6.15. The van der Waals surface area contributed by atoms with Crippen LogP contribution in [0.25, 0.3) is 16.6 Å². The van der Waals surface area contributed by atoms with Crippen LogP contribution in [0, 0.1) is 6.92 Å². The smallest absolute Gasteiger partial charge is 0.341 e. The van der Waals surface area contributed by atoms with Gasteiger partial charge in [-0.3, -0.25) is 4.79 Å². The van der Waals surface area contributed by atoms with Gasteiger partial charge in [-0.05, 0) is 70.3 Å². The number of aryl methyl sites for hydroxylation is 1. The van der Waals surface area contributed by atoms with Gasteiger partial charge < -0.3 is 29.1 Å². The summed E-state index contributed by atoms with van der Waals surface area (Å²) in [6.07, 6.45) is 4.87. The van der Waals surface area contributed by atoms with Crippen molar-refractivity contribution in [3.63, 3.8) is 0 Å². The molecule has 0 amide bonds. The van der Waals surface area contributed by atoms with Gasteiger partial charge >= 0.3 is 5.97 Å². The number of hydrogen-bond donors (Lipinski definition) is 1. The molecule has 3 aromatic heterocycles. The number of benzene rings is 1. The van der Waals surface area contributed by atoms with E-state index in [1.54, 1.807) is 22.9 Å². The molecule has 2 aliphatic heterocycles. The third-order valence-corrected chi connectivity index (χ3v) is 8.87. The van der Waals surface area contributed by atoms with Crippen molar-refractivity contribution in [2.75, 3.05) is 50.1 Å². The minimum Gasteiger partial charge on any atom is -0.477 e. The summed E-state index contributed by atoms with van der Waals surface area (Å²) < 4.78 is 7.74. The maximum Gasteiger partial charge on any atom is 0.341 e. The molecule has 6 rings (SSSR count). The molecule has 1 N–H and O–H groups in total. The third kappa shape index (κ3) is 5.62. The summed E-state index contributed by atoms with van der Waals surface area (Å²) in [5.41, 5.74) is 1.79. The maximum atomic E-state index is 13.3. The second kappa shape index (κ2) is 11.7. The molecule has 5 heterocycles. The van der Waals surface area contributed by atoms with E-state index in [0.29, 0.717) is 39.8 Å². The molecule has 0 radical (unpaired) electrons. The number of anilines is 2. The first-order valence-corrected chi connectivity index (χ1v) is 14.9. The monoisotopic (exact) mass is 622 g/mol. The Kier molecular flexibility index (Phi) is 7.93. The fraction of sp³-hybridized carbons (Fsp3) is 0.355. The molecule has 2 aliphatic rings. The van der Waals surface area contributed by atoms with Gasteiger partial charge in [-0.1, -0.05) is 23.2 Å². The zero-order valence-electron chi connectivity index (χ0n) is 24.1. The normalized spacial score (nSPS) is 17.1. The summed E-state index contributed by atoms with van der Waals surface area (Å²) in [4.78, 5) is 40.9. The van der Waals surface area contributed by atoms with Gasteiger partial charge in [0.1, 0.15) is 23.0 Å². The number of pyridine rings is 3. The van der Waals surface area contributed by atoms with E-state index >= 15 is 0 Å². The van der Waals surface area contributed by atoms with Crippen molar-refractivity contribution >= 4 is 51.6 Å². The van der Waals surface area contributed by atoms with Crippen molar-refractivity contribution in [1.82, 2.24) is 19.4 Å². The molecule has 0 aliphatic carbocycles. The van der Waals surface area contributed by atoms with Gasteiger partial charge in [-0.25, -0.2) is 14.8 Å². The Hall–Kier alpha value is -3.86. The van der Waals surface area contributed by atoms with Crippen LogP contribution in [-0.4, -0.2) is 82.9 Å². The highest BCUT2D eigenvalue weighted by molar-refractivity contribution is 6.34. The Balaban J connectivity index is 1.36. The summed E-state index contributed by atoms with van der Waals surface area (Å²) in [7, 11) is 4.13. The highest BCUT2D eigenvalue weighted by Gasteiger charge is 2.30. The van der Waals surface area contributed by atoms with Crippen molar-refractivity contribution in [2.24, 2.45) is 0 Å². The summed E-state index contributed by atoms with van der Waals surface area (Å²) in [5.74, 6) is -0.0713. The summed E-state index contributed by atoms with van der Waals surface area (Å²) in [6.45, 7) is 4.75. The Morgan fingerprint density at radius 2 is 1.93 bits per heavy atom. The largest absolute Gasteiger partial charge is 0.477 e. The van der Waals surface area contributed by atoms with Gasteiger partial charge in [-0.15, -0.1) is 0 Å². The number of nitrogens with zero attached hydrogens (tertiary/aromatic N) is 6. The number of carboxylic acid groups (broad SMARTS) is 1. The predicted octanol–water partition coefficient (Wildman–Crippen LogP) is 4.89. The van der Waals surface area contributed by atoms with Crippen LogP contribution in [-0.2, 0) is 0 Å². The molecule has 0 bridgehead atoms. The first-order valence-electron chi connectivity index (χ1n) is 14.1. The van der Waals surface area contributed by atoms with Gasteiger partial charge in [0.2, 0.25) is 11.3 Å². The van der Waals surface area contributed by atoms with Crippen LogP contribution in [0.15, 0.2) is 53.6 Å². The van der Waals surface area contributed by atoms with Crippen LogP contribution in [0.5, 0.6) is 5.88 Å². The number of carboxylic acids is 1. The van der Waals surface area contributed by atoms with Crippen LogP contribution in [0.4, 0.5) is 11.5 Å². The van der Waals surface area contributed by atoms with Gasteiger partial charge in [0.25, 0.3) is 0 Å². The van der Waals surface area contributed by atoms with Gasteiger partial charge in [0.05, 0.1) is 34.2 Å². The number of ether oxygens (including phenoxy) is 1. The molecular weight excluding hydrogens is 591 g/mol. The van der Waals surface area contributed by atoms with E-state index in [-0.39, 0.29) is 17.0 Å². The number of aromatic carboxylic acids is 1. The number of fused-ring (bicyclic) bond motifs is 1. The van der Waals surface area contributed by atoms with Crippen molar-refractivity contribution in [3.8, 4) is 11.6 Å². The molecule has 0 saturated carbocycles. The lowest BCUT2D eigenvalue weighted by atomic mass is 10.1. The van der Waals surface area contributed by atoms with E-state index in [0.717, 1.165) is 49.7 Å². The second-order valence-electron chi connectivity index (χ2n) is 11.3. The molecule has 224 valence electrons. The predicted molar refractivity (Wildman–Crippen MR) is 169 cm³/mol. The summed E-state index contributed by atoms with van der Waals surface area (Å²) in [5, 5.41) is 10.9. The van der Waals surface area contributed by atoms with Crippen molar-refractivity contribution in [1.29, 1.82) is 0 Å². The topological polar surface area (TPSA) is 104 Å². The molecular formula is C31H32Cl2N6O4. The zero-order chi connectivity index (χ0) is 30.4. The highest BCUT2D eigenvalue weighted by atomic mass is 35.5. The molecule has 1 aromatic carbocycles. The molecule has 0 spiro atoms. The number of likely N-dealkylation sites (N-methyl/N-ethyl adjacent to an activating group) is 1. The van der Waals surface area contributed by atoms with E-state index in [2.05, 4.69) is 38.8 Å². The van der Waals surface area contributed by atoms with Gasteiger partial charge in [-0.2, -0.15) is 0 Å². The average Bonchev–Trinajstić information content (AvgIpc) is 3.41. The van der Waals surface area contributed by atoms with Crippen LogP contribution < -0.4 is 20.0 Å². The van der Waals surface area contributed by atoms with Crippen molar-refractivity contribution < 1.29 is 14.6 Å². The first kappa shape index (κ1) is 29.2. The minimum absolute atomic E-state index is 0.00439. The van der Waals surface area contributed by atoms with Crippen molar-refractivity contribution in [2.45, 2.75) is 31.8 Å². The molecule has 43 heavy (non-hydrogen) atoms. The molecule has 4 aromatic rings. The zero-order valence-corrected chi connectivity index (χ0v) is 25.6. The first-order chi connectivity index (χ1) is 20.6. The second-order valence-corrected chi connectivity index (χ2v) is 12.1. The van der Waals surface area contributed by atoms with E-state index < -0.39 is 11.4 Å². The van der Waals surface area contributed by atoms with E-state index in [1.165, 1.54) is 6.20 Å². The molecule has 2 saturated heterocycles. The van der Waals surface area contributed by atoms with E-state index in [1.807, 2.05) is 31.2 Å².